The lowest BCUT2D eigenvalue weighted by atomic mass is 9.97. The second-order valence-electron chi connectivity index (χ2n) is 9.55. The first kappa shape index (κ1) is 27.1. The van der Waals surface area contributed by atoms with Gasteiger partial charge in [0.25, 0.3) is 11.5 Å². The summed E-state index contributed by atoms with van der Waals surface area (Å²) in [4.78, 5) is 53.7. The molecule has 1 aromatic heterocycles. The Kier molecular flexibility index (Phi) is 7.51. The molecular formula is C32H27N3O6. The summed E-state index contributed by atoms with van der Waals surface area (Å²) in [5, 5.41) is 12.6. The summed E-state index contributed by atoms with van der Waals surface area (Å²) in [5.74, 6) is -0.667. The molecule has 1 unspecified atom stereocenters. The van der Waals surface area contributed by atoms with Gasteiger partial charge in [0, 0.05) is 12.1 Å². The molecule has 5 rings (SSSR count). The summed E-state index contributed by atoms with van der Waals surface area (Å²) in [5.41, 5.74) is 2.53. The van der Waals surface area contributed by atoms with Crippen molar-refractivity contribution in [1.29, 1.82) is 0 Å². The zero-order valence-electron chi connectivity index (χ0n) is 22.4. The first-order valence-electron chi connectivity index (χ1n) is 12.9. The van der Waals surface area contributed by atoms with Gasteiger partial charge in [0.1, 0.15) is 5.75 Å². The van der Waals surface area contributed by atoms with Gasteiger partial charge >= 0.3 is 11.7 Å². The molecule has 0 aliphatic heterocycles. The number of benzene rings is 4. The predicted molar refractivity (Wildman–Crippen MR) is 156 cm³/mol. The number of aromatic nitrogens is 2. The zero-order valence-corrected chi connectivity index (χ0v) is 22.4. The van der Waals surface area contributed by atoms with Gasteiger partial charge in [-0.05, 0) is 65.6 Å². The van der Waals surface area contributed by atoms with E-state index in [-0.39, 0.29) is 22.4 Å². The highest BCUT2D eigenvalue weighted by molar-refractivity contribution is 5.98. The molecule has 1 amide bonds. The van der Waals surface area contributed by atoms with E-state index in [4.69, 9.17) is 4.74 Å². The molecule has 0 saturated heterocycles. The van der Waals surface area contributed by atoms with E-state index in [0.29, 0.717) is 34.5 Å². The third-order valence-electron chi connectivity index (χ3n) is 7.05. The van der Waals surface area contributed by atoms with Crippen molar-refractivity contribution in [2.24, 2.45) is 0 Å². The smallest absolute Gasteiger partial charge is 0.336 e. The third kappa shape index (κ3) is 5.51. The van der Waals surface area contributed by atoms with Gasteiger partial charge in [-0.3, -0.25) is 14.2 Å². The lowest BCUT2D eigenvalue weighted by molar-refractivity contribution is 0.0697. The number of fused-ring (bicyclic) bond motifs is 1. The van der Waals surface area contributed by atoms with Crippen molar-refractivity contribution in [2.75, 3.05) is 7.11 Å². The van der Waals surface area contributed by atoms with Crippen LogP contribution in [0.15, 0.2) is 101 Å². The monoisotopic (exact) mass is 549 g/mol. The second kappa shape index (κ2) is 11.4. The van der Waals surface area contributed by atoms with Crippen LogP contribution in [0, 0.1) is 0 Å². The highest BCUT2D eigenvalue weighted by Crippen LogP contribution is 2.26. The summed E-state index contributed by atoms with van der Waals surface area (Å²) in [7, 11) is 1.58. The molecule has 0 aliphatic carbocycles. The molecule has 9 nitrogen and oxygen atoms in total. The number of nitrogens with zero attached hydrogens (tertiary/aromatic N) is 1. The summed E-state index contributed by atoms with van der Waals surface area (Å²) in [6.45, 7) is 2.02. The van der Waals surface area contributed by atoms with E-state index in [1.165, 1.54) is 12.1 Å². The summed E-state index contributed by atoms with van der Waals surface area (Å²) in [6, 6.07) is 25.0. The molecule has 206 valence electrons. The van der Waals surface area contributed by atoms with Gasteiger partial charge in [-0.15, -0.1) is 0 Å². The number of carboxylic acid groups (broad SMARTS) is 1. The van der Waals surface area contributed by atoms with E-state index >= 15 is 0 Å². The first-order valence-corrected chi connectivity index (χ1v) is 12.9. The van der Waals surface area contributed by atoms with Crippen LogP contribution >= 0.6 is 0 Å². The van der Waals surface area contributed by atoms with E-state index in [2.05, 4.69) is 10.3 Å². The van der Waals surface area contributed by atoms with E-state index in [1.54, 1.807) is 80.8 Å². The Hall–Kier alpha value is -5.44. The number of aromatic amines is 1. The van der Waals surface area contributed by atoms with Crippen LogP contribution in [0.1, 0.15) is 44.8 Å². The molecule has 1 atom stereocenters. The topological polar surface area (TPSA) is 130 Å². The highest BCUT2D eigenvalue weighted by atomic mass is 16.5. The maximum Gasteiger partial charge on any atom is 0.336 e. The molecular weight excluding hydrogens is 522 g/mol. The van der Waals surface area contributed by atoms with Crippen LogP contribution in [0.4, 0.5) is 0 Å². The molecule has 3 N–H and O–H groups in total. The van der Waals surface area contributed by atoms with Crippen LogP contribution in [-0.2, 0) is 6.54 Å². The van der Waals surface area contributed by atoms with E-state index in [1.807, 2.05) is 12.1 Å². The number of carbonyl (C=O) groups is 2. The quantitative estimate of drug-likeness (QED) is 0.259. The second-order valence-corrected chi connectivity index (χ2v) is 9.55. The number of rotatable bonds is 8. The Labute approximate surface area is 234 Å². The number of amides is 1. The number of carbonyl (C=O) groups excluding carboxylic acids is 1. The van der Waals surface area contributed by atoms with Gasteiger partial charge in [0.05, 0.1) is 29.6 Å². The van der Waals surface area contributed by atoms with Crippen LogP contribution in [0.2, 0.25) is 0 Å². The Morgan fingerprint density at radius 1 is 0.951 bits per heavy atom. The fourth-order valence-corrected chi connectivity index (χ4v) is 4.76. The Morgan fingerprint density at radius 3 is 2.34 bits per heavy atom. The fraction of sp³-hybridized carbons (Fsp3) is 0.125. The van der Waals surface area contributed by atoms with Gasteiger partial charge < -0.3 is 20.1 Å². The van der Waals surface area contributed by atoms with Crippen molar-refractivity contribution < 1.29 is 19.4 Å². The molecule has 0 bridgehead atoms. The van der Waals surface area contributed by atoms with Crippen LogP contribution in [0.5, 0.6) is 5.75 Å². The number of nitrogens with one attached hydrogen (secondary N) is 2. The largest absolute Gasteiger partial charge is 0.497 e. The summed E-state index contributed by atoms with van der Waals surface area (Å²) < 4.78 is 6.26. The van der Waals surface area contributed by atoms with Crippen LogP contribution in [0.25, 0.3) is 22.0 Å². The predicted octanol–water partition coefficient (Wildman–Crippen LogP) is 4.60. The van der Waals surface area contributed by atoms with Crippen LogP contribution < -0.4 is 21.3 Å². The van der Waals surface area contributed by atoms with Crippen molar-refractivity contribution in [3.8, 4) is 16.9 Å². The van der Waals surface area contributed by atoms with E-state index in [9.17, 15) is 24.3 Å². The van der Waals surface area contributed by atoms with Crippen molar-refractivity contribution in [2.45, 2.75) is 19.5 Å². The average molecular weight is 550 g/mol. The molecule has 9 heteroatoms. The molecule has 0 radical (unpaired) electrons. The van der Waals surface area contributed by atoms with Crippen LogP contribution in [-0.4, -0.2) is 33.6 Å². The van der Waals surface area contributed by atoms with Gasteiger partial charge in [-0.1, -0.05) is 54.6 Å². The van der Waals surface area contributed by atoms with E-state index < -0.39 is 23.3 Å². The molecule has 0 aliphatic rings. The van der Waals surface area contributed by atoms with Gasteiger partial charge in [-0.2, -0.15) is 0 Å². The lowest BCUT2D eigenvalue weighted by Gasteiger charge is -2.16. The fourth-order valence-electron chi connectivity index (χ4n) is 4.76. The number of hydrogen-bond acceptors (Lipinski definition) is 5. The Bertz CT molecular complexity index is 1870. The van der Waals surface area contributed by atoms with Crippen molar-refractivity contribution >= 4 is 22.8 Å². The summed E-state index contributed by atoms with van der Waals surface area (Å²) in [6.07, 6.45) is 0. The number of carboxylic acids is 1. The van der Waals surface area contributed by atoms with Gasteiger partial charge in [-0.25, -0.2) is 9.59 Å². The molecule has 0 spiro atoms. The standard InChI is InChI=1S/C32H27N3O6/c1-19(21-9-11-22(12-10-21)25-5-3-4-6-26(25)31(38)39)35-30(37)27-17-23(13-16-28(27)34-32(35)40)29(36)33-18-20-7-14-24(41-2)15-8-20/h3-17,19H,18H2,1-2H3,(H,33,36)(H,34,40)(H,38,39). The molecule has 41 heavy (non-hydrogen) atoms. The summed E-state index contributed by atoms with van der Waals surface area (Å²) >= 11 is 0. The van der Waals surface area contributed by atoms with Crippen LogP contribution in [0.3, 0.4) is 0 Å². The maximum absolute atomic E-state index is 13.5. The van der Waals surface area contributed by atoms with Gasteiger partial charge in [0.2, 0.25) is 0 Å². The van der Waals surface area contributed by atoms with Crippen molar-refractivity contribution in [3.63, 3.8) is 0 Å². The minimum absolute atomic E-state index is 0.180. The Balaban J connectivity index is 1.42. The van der Waals surface area contributed by atoms with Gasteiger partial charge in [0.15, 0.2) is 0 Å². The SMILES string of the molecule is COc1ccc(CNC(=O)c2ccc3[nH]c(=O)n(C(C)c4ccc(-c5ccccc5C(=O)O)cc4)c(=O)c3c2)cc1. The minimum Gasteiger partial charge on any atom is -0.497 e. The normalized spacial score (nSPS) is 11.7. The lowest BCUT2D eigenvalue weighted by Crippen LogP contribution is -2.37. The minimum atomic E-state index is -1.03. The molecule has 1 heterocycles. The number of ether oxygens (including phenoxy) is 1. The maximum atomic E-state index is 13.5. The average Bonchev–Trinajstić information content (AvgIpc) is 3.00. The number of hydrogen-bond donors (Lipinski definition) is 3. The van der Waals surface area contributed by atoms with Crippen molar-refractivity contribution in [3.05, 3.63) is 134 Å². The number of methoxy groups -OCH3 is 1. The number of H-pyrrole nitrogens is 1. The molecule has 0 saturated carbocycles. The highest BCUT2D eigenvalue weighted by Gasteiger charge is 2.18. The molecule has 0 fully saturated rings. The Morgan fingerprint density at radius 2 is 1.66 bits per heavy atom. The first-order chi connectivity index (χ1) is 19.8. The molecule has 4 aromatic carbocycles. The number of aromatic carboxylic acids is 1. The zero-order chi connectivity index (χ0) is 29.1. The van der Waals surface area contributed by atoms with Crippen molar-refractivity contribution in [1.82, 2.24) is 14.9 Å². The molecule has 5 aromatic rings. The third-order valence-corrected chi connectivity index (χ3v) is 7.05. The van der Waals surface area contributed by atoms with E-state index in [0.717, 1.165) is 10.1 Å².